The predicted octanol–water partition coefficient (Wildman–Crippen LogP) is 3.93. The van der Waals surface area contributed by atoms with E-state index in [1.807, 2.05) is 19.3 Å². The fraction of sp³-hybridized carbons (Fsp3) is 0.350. The van der Waals surface area contributed by atoms with Crippen LogP contribution in [0.5, 0.6) is 0 Å². The van der Waals surface area contributed by atoms with Crippen molar-refractivity contribution in [2.45, 2.75) is 6.42 Å². The maximum absolute atomic E-state index is 13.3. The van der Waals surface area contributed by atoms with Crippen molar-refractivity contribution < 1.29 is 4.39 Å². The Labute approximate surface area is 185 Å². The largest absolute Gasteiger partial charge is 0.361 e. The molecule has 1 aromatic carbocycles. The quantitative estimate of drug-likeness (QED) is 0.316. The summed E-state index contributed by atoms with van der Waals surface area (Å²) in [5.74, 6) is 0.739. The minimum Gasteiger partial charge on any atom is -0.361 e. The number of aliphatic imine (C=N–C) groups is 1. The van der Waals surface area contributed by atoms with E-state index in [1.54, 1.807) is 11.3 Å². The fourth-order valence-electron chi connectivity index (χ4n) is 3.60. The maximum Gasteiger partial charge on any atom is 0.193 e. The van der Waals surface area contributed by atoms with Crippen LogP contribution >= 0.6 is 35.3 Å². The minimum absolute atomic E-state index is 0. The lowest BCUT2D eigenvalue weighted by molar-refractivity contribution is 0.374. The molecule has 0 amide bonds. The van der Waals surface area contributed by atoms with Gasteiger partial charge in [0.15, 0.2) is 5.96 Å². The van der Waals surface area contributed by atoms with E-state index in [0.717, 1.165) is 56.0 Å². The van der Waals surface area contributed by atoms with Crippen molar-refractivity contribution in [3.63, 3.8) is 0 Å². The van der Waals surface area contributed by atoms with Crippen LogP contribution < -0.4 is 10.2 Å². The normalized spacial score (nSPS) is 15.0. The summed E-state index contributed by atoms with van der Waals surface area (Å²) < 4.78 is 13.3. The number of hydrogen-bond donors (Lipinski definition) is 2. The predicted molar refractivity (Wildman–Crippen MR) is 127 cm³/mol. The third-order valence-corrected chi connectivity index (χ3v) is 5.94. The molecule has 8 heteroatoms. The molecule has 150 valence electrons. The van der Waals surface area contributed by atoms with Crippen LogP contribution in [0.3, 0.4) is 0 Å². The highest BCUT2D eigenvalue weighted by Gasteiger charge is 2.20. The van der Waals surface area contributed by atoms with Crippen LogP contribution in [0.15, 0.2) is 46.9 Å². The highest BCUT2D eigenvalue weighted by Crippen LogP contribution is 2.22. The van der Waals surface area contributed by atoms with Gasteiger partial charge >= 0.3 is 0 Å². The van der Waals surface area contributed by atoms with Crippen LogP contribution in [0.2, 0.25) is 0 Å². The van der Waals surface area contributed by atoms with E-state index < -0.39 is 0 Å². The molecule has 0 aliphatic carbocycles. The number of nitrogens with zero attached hydrogens (tertiary/aromatic N) is 3. The highest BCUT2D eigenvalue weighted by atomic mass is 127. The van der Waals surface area contributed by atoms with Crippen molar-refractivity contribution in [3.8, 4) is 0 Å². The van der Waals surface area contributed by atoms with Gasteiger partial charge in [0.2, 0.25) is 0 Å². The molecule has 4 rings (SSSR count). The maximum atomic E-state index is 13.3. The molecule has 0 spiro atoms. The third-order valence-electron chi connectivity index (χ3n) is 5.02. The zero-order valence-corrected chi connectivity index (χ0v) is 19.0. The Morgan fingerprint density at radius 1 is 1.25 bits per heavy atom. The second kappa shape index (κ2) is 9.60. The van der Waals surface area contributed by atoms with Crippen molar-refractivity contribution in [3.05, 3.63) is 53.3 Å². The Hall–Kier alpha value is -1.81. The second-order valence-corrected chi connectivity index (χ2v) is 7.58. The minimum atomic E-state index is -0.212. The summed E-state index contributed by atoms with van der Waals surface area (Å²) in [5, 5.41) is 8.02. The molecule has 0 bridgehead atoms. The number of benzene rings is 1. The van der Waals surface area contributed by atoms with E-state index in [1.165, 1.54) is 22.7 Å². The number of aromatic nitrogens is 1. The number of guanidine groups is 1. The van der Waals surface area contributed by atoms with Crippen molar-refractivity contribution >= 4 is 57.2 Å². The molecule has 2 N–H and O–H groups in total. The van der Waals surface area contributed by atoms with E-state index in [9.17, 15) is 4.39 Å². The number of hydrogen-bond acceptors (Lipinski definition) is 3. The molecular weight excluding hydrogens is 488 g/mol. The first-order valence-electron chi connectivity index (χ1n) is 9.24. The number of anilines is 1. The van der Waals surface area contributed by atoms with Gasteiger partial charge in [-0.15, -0.1) is 35.3 Å². The summed E-state index contributed by atoms with van der Waals surface area (Å²) in [6.45, 7) is 4.74. The molecular formula is C20H25FIN5S. The average Bonchev–Trinajstić information content (AvgIpc) is 3.35. The summed E-state index contributed by atoms with van der Waals surface area (Å²) in [6, 6.07) is 9.18. The number of piperazine rings is 1. The molecule has 1 aliphatic heterocycles. The van der Waals surface area contributed by atoms with Gasteiger partial charge in [0.05, 0.1) is 5.00 Å². The molecule has 0 atom stereocenters. The number of rotatable bonds is 4. The number of halogens is 2. The Kier molecular flexibility index (Phi) is 7.17. The monoisotopic (exact) mass is 513 g/mol. The zero-order valence-electron chi connectivity index (χ0n) is 15.8. The highest BCUT2D eigenvalue weighted by molar-refractivity contribution is 14.0. The van der Waals surface area contributed by atoms with E-state index >= 15 is 0 Å². The van der Waals surface area contributed by atoms with Crippen LogP contribution in [0.25, 0.3) is 10.9 Å². The molecule has 28 heavy (non-hydrogen) atoms. The number of aromatic amines is 1. The van der Waals surface area contributed by atoms with Gasteiger partial charge in [0.25, 0.3) is 0 Å². The van der Waals surface area contributed by atoms with E-state index in [4.69, 9.17) is 0 Å². The molecule has 1 fully saturated rings. The summed E-state index contributed by atoms with van der Waals surface area (Å²) in [5.41, 5.74) is 2.04. The van der Waals surface area contributed by atoms with Crippen LogP contribution in [0, 0.1) is 5.82 Å². The molecule has 1 aliphatic rings. The van der Waals surface area contributed by atoms with Crippen molar-refractivity contribution in [1.29, 1.82) is 0 Å². The molecule has 3 aromatic rings. The summed E-state index contributed by atoms with van der Waals surface area (Å²) in [4.78, 5) is 12.3. The lowest BCUT2D eigenvalue weighted by Gasteiger charge is -2.37. The van der Waals surface area contributed by atoms with Crippen LogP contribution in [0.4, 0.5) is 9.39 Å². The Morgan fingerprint density at radius 2 is 2.07 bits per heavy atom. The molecule has 2 aromatic heterocycles. The molecule has 3 heterocycles. The SMILES string of the molecule is CN=C(NCCc1c[nH]c2cc(F)ccc12)N1CCN(c2cccs2)CC1.I. The fourth-order valence-corrected chi connectivity index (χ4v) is 4.38. The van der Waals surface area contributed by atoms with Crippen molar-refractivity contribution in [2.24, 2.45) is 4.99 Å². The number of fused-ring (bicyclic) bond motifs is 1. The Balaban J connectivity index is 0.00000225. The van der Waals surface area contributed by atoms with Crippen LogP contribution in [-0.2, 0) is 6.42 Å². The first-order chi connectivity index (χ1) is 13.2. The van der Waals surface area contributed by atoms with Gasteiger partial charge < -0.3 is 20.1 Å². The summed E-state index contributed by atoms with van der Waals surface area (Å²) in [6.07, 6.45) is 2.83. The second-order valence-electron chi connectivity index (χ2n) is 6.65. The lowest BCUT2D eigenvalue weighted by atomic mass is 10.1. The van der Waals surface area contributed by atoms with Gasteiger partial charge in [-0.1, -0.05) is 0 Å². The van der Waals surface area contributed by atoms with Crippen LogP contribution in [-0.4, -0.2) is 55.6 Å². The third kappa shape index (κ3) is 4.60. The van der Waals surface area contributed by atoms with E-state index in [0.29, 0.717) is 0 Å². The Morgan fingerprint density at radius 3 is 2.79 bits per heavy atom. The van der Waals surface area contributed by atoms with E-state index in [-0.39, 0.29) is 29.8 Å². The van der Waals surface area contributed by atoms with Gasteiger partial charge in [-0.05, 0) is 47.7 Å². The first kappa shape index (κ1) is 20.9. The molecule has 5 nitrogen and oxygen atoms in total. The van der Waals surface area contributed by atoms with Crippen molar-refractivity contribution in [1.82, 2.24) is 15.2 Å². The topological polar surface area (TPSA) is 46.7 Å². The van der Waals surface area contributed by atoms with E-state index in [2.05, 4.69) is 42.6 Å². The number of nitrogens with one attached hydrogen (secondary N) is 2. The molecule has 0 unspecified atom stereocenters. The number of thiophene rings is 1. The molecule has 0 saturated carbocycles. The lowest BCUT2D eigenvalue weighted by Crippen LogP contribution is -2.52. The molecule has 1 saturated heterocycles. The smallest absolute Gasteiger partial charge is 0.193 e. The van der Waals surface area contributed by atoms with Gasteiger partial charge in [-0.2, -0.15) is 0 Å². The summed E-state index contributed by atoms with van der Waals surface area (Å²) in [7, 11) is 1.84. The van der Waals surface area contributed by atoms with Gasteiger partial charge in [-0.25, -0.2) is 4.39 Å². The van der Waals surface area contributed by atoms with Gasteiger partial charge in [-0.3, -0.25) is 4.99 Å². The zero-order chi connectivity index (χ0) is 18.6. The van der Waals surface area contributed by atoms with Gasteiger partial charge in [0.1, 0.15) is 5.82 Å². The van der Waals surface area contributed by atoms with Gasteiger partial charge in [0, 0.05) is 56.9 Å². The standard InChI is InChI=1S/C20H24FN5S.HI/c1-22-20(26-10-8-25(9-11-26)19-3-2-12-27-19)23-7-6-15-14-24-18-13-16(21)4-5-17(15)18;/h2-5,12-14,24H,6-11H2,1H3,(H,22,23);1H. The first-order valence-corrected chi connectivity index (χ1v) is 10.1. The van der Waals surface area contributed by atoms with Crippen molar-refractivity contribution in [2.75, 3.05) is 44.7 Å². The summed E-state index contributed by atoms with van der Waals surface area (Å²) >= 11 is 1.79. The average molecular weight is 513 g/mol. The van der Waals surface area contributed by atoms with Crippen LogP contribution in [0.1, 0.15) is 5.56 Å². The number of H-pyrrole nitrogens is 1. The Bertz CT molecular complexity index is 916. The molecule has 0 radical (unpaired) electrons.